The summed E-state index contributed by atoms with van der Waals surface area (Å²) in [5, 5.41) is 15.1. The van der Waals surface area contributed by atoms with Crippen LogP contribution in [0.15, 0.2) is 57.2 Å². The van der Waals surface area contributed by atoms with E-state index in [1.165, 1.54) is 15.9 Å². The first-order chi connectivity index (χ1) is 18.9. The number of nitrogens with zero attached hydrogens (tertiary/aromatic N) is 3. The van der Waals surface area contributed by atoms with E-state index in [4.69, 9.17) is 20.8 Å². The largest absolute Gasteiger partial charge is 0.444 e. The Balaban J connectivity index is 1.45. The lowest BCUT2D eigenvalue weighted by Gasteiger charge is -2.24. The van der Waals surface area contributed by atoms with Crippen molar-refractivity contribution in [2.75, 3.05) is 0 Å². The van der Waals surface area contributed by atoms with Gasteiger partial charge in [0.15, 0.2) is 5.58 Å². The Hall–Kier alpha value is -4.14. The molecule has 2 heterocycles. The molecule has 0 aliphatic carbocycles. The van der Waals surface area contributed by atoms with Crippen molar-refractivity contribution in [2.24, 2.45) is 7.05 Å². The number of oxazole rings is 1. The topological polar surface area (TPSA) is 139 Å². The van der Waals surface area contributed by atoms with E-state index < -0.39 is 35.4 Å². The van der Waals surface area contributed by atoms with Gasteiger partial charge in [-0.1, -0.05) is 41.9 Å². The van der Waals surface area contributed by atoms with E-state index in [9.17, 15) is 19.6 Å². The molecule has 0 saturated heterocycles. The standard InChI is InChI=1S/C28H28ClN5O5S/c1-28(2,3)39-26(36)33-21(13-20-24(29)40-15-31-20)25(35)32-19(14-30)11-16-5-7-17(8-6-16)18-9-10-23-22(12-18)34(4)27(37)38-23/h5-10,12,15,19,21H,11,13H2,1-4H3,(H,32,35)(H,33,36)/t19-,21?/m0/s1. The highest BCUT2D eigenvalue weighted by atomic mass is 35.5. The number of carbonyl (C=O) groups is 2. The van der Waals surface area contributed by atoms with Crippen molar-refractivity contribution in [1.82, 2.24) is 20.2 Å². The third kappa shape index (κ3) is 7.08. The fourth-order valence-corrected chi connectivity index (χ4v) is 4.81. The van der Waals surface area contributed by atoms with Gasteiger partial charge in [-0.3, -0.25) is 9.36 Å². The Bertz CT molecular complexity index is 1630. The number of halogens is 1. The smallest absolute Gasteiger partial charge is 0.419 e. The maximum atomic E-state index is 13.2. The van der Waals surface area contributed by atoms with Crippen LogP contribution in [0.4, 0.5) is 4.79 Å². The van der Waals surface area contributed by atoms with Crippen molar-refractivity contribution >= 4 is 46.0 Å². The Kier molecular flexibility index (Phi) is 8.61. The summed E-state index contributed by atoms with van der Waals surface area (Å²) in [4.78, 5) is 41.6. The molecule has 2 N–H and O–H groups in total. The molecule has 2 amide bonds. The zero-order chi connectivity index (χ0) is 29.0. The molecule has 0 spiro atoms. The van der Waals surface area contributed by atoms with Crippen molar-refractivity contribution in [3.63, 3.8) is 0 Å². The van der Waals surface area contributed by atoms with E-state index >= 15 is 0 Å². The van der Waals surface area contributed by atoms with Gasteiger partial charge in [-0.15, -0.1) is 11.3 Å². The molecule has 0 aliphatic rings. The quantitative estimate of drug-likeness (QED) is 0.310. The van der Waals surface area contributed by atoms with Crippen LogP contribution in [-0.4, -0.2) is 39.2 Å². The van der Waals surface area contributed by atoms with Crippen LogP contribution in [0.1, 0.15) is 32.0 Å². The van der Waals surface area contributed by atoms with Crippen LogP contribution in [0, 0.1) is 11.3 Å². The first-order valence-corrected chi connectivity index (χ1v) is 13.7. The zero-order valence-corrected chi connectivity index (χ0v) is 23.9. The molecule has 2 atom stereocenters. The summed E-state index contributed by atoms with van der Waals surface area (Å²) >= 11 is 7.39. The number of nitrogens with one attached hydrogen (secondary N) is 2. The number of hydrogen-bond acceptors (Lipinski definition) is 8. The molecule has 10 nitrogen and oxygen atoms in total. The van der Waals surface area contributed by atoms with E-state index in [1.54, 1.807) is 39.4 Å². The van der Waals surface area contributed by atoms with Crippen LogP contribution in [0.2, 0.25) is 4.34 Å². The third-order valence-corrected chi connectivity index (χ3v) is 7.13. The zero-order valence-electron chi connectivity index (χ0n) is 22.4. The van der Waals surface area contributed by atoms with Gasteiger partial charge in [0, 0.05) is 19.9 Å². The van der Waals surface area contributed by atoms with E-state index in [0.717, 1.165) is 16.7 Å². The normalized spacial score (nSPS) is 12.9. The fourth-order valence-electron chi connectivity index (χ4n) is 4.02. The summed E-state index contributed by atoms with van der Waals surface area (Å²) in [5.74, 6) is -0.984. The number of benzene rings is 2. The number of nitriles is 1. The highest BCUT2D eigenvalue weighted by Crippen LogP contribution is 2.25. The summed E-state index contributed by atoms with van der Waals surface area (Å²) in [6.07, 6.45) is -0.488. The second-order valence-electron chi connectivity index (χ2n) is 10.2. The molecule has 4 rings (SSSR count). The van der Waals surface area contributed by atoms with Gasteiger partial charge in [-0.25, -0.2) is 14.6 Å². The molecule has 0 bridgehead atoms. The van der Waals surface area contributed by atoms with E-state index in [1.807, 2.05) is 36.4 Å². The minimum atomic E-state index is -1.05. The predicted molar refractivity (Wildman–Crippen MR) is 152 cm³/mol. The predicted octanol–water partition coefficient (Wildman–Crippen LogP) is 4.60. The SMILES string of the molecule is Cn1c(=O)oc2ccc(-c3ccc(C[C@@H](C#N)NC(=O)C(Cc4ncsc4Cl)NC(=O)OC(C)(C)C)cc3)cc21. The number of thiazole rings is 1. The Morgan fingerprint density at radius 2 is 1.85 bits per heavy atom. The Morgan fingerprint density at radius 1 is 1.15 bits per heavy atom. The van der Waals surface area contributed by atoms with Gasteiger partial charge in [0.25, 0.3) is 0 Å². The van der Waals surface area contributed by atoms with Crippen LogP contribution in [0.3, 0.4) is 0 Å². The fraction of sp³-hybridized carbons (Fsp3) is 0.321. The van der Waals surface area contributed by atoms with Gasteiger partial charge >= 0.3 is 11.8 Å². The van der Waals surface area contributed by atoms with Crippen LogP contribution < -0.4 is 16.4 Å². The molecule has 12 heteroatoms. The minimum absolute atomic E-state index is 0.0346. The Labute approximate surface area is 239 Å². The molecule has 4 aromatic rings. The van der Waals surface area contributed by atoms with Crippen LogP contribution in [-0.2, 0) is 29.4 Å². The molecule has 40 heavy (non-hydrogen) atoms. The summed E-state index contributed by atoms with van der Waals surface area (Å²) in [7, 11) is 1.65. The molecule has 208 valence electrons. The van der Waals surface area contributed by atoms with E-state index in [-0.39, 0.29) is 12.8 Å². The summed E-state index contributed by atoms with van der Waals surface area (Å²) in [5.41, 5.74) is 5.09. The maximum Gasteiger partial charge on any atom is 0.419 e. The molecular weight excluding hydrogens is 554 g/mol. The number of aryl methyl sites for hydroxylation is 1. The summed E-state index contributed by atoms with van der Waals surface area (Å²) < 4.78 is 12.4. The molecule has 0 fully saturated rings. The molecule has 2 aromatic heterocycles. The van der Waals surface area contributed by atoms with Crippen LogP contribution >= 0.6 is 22.9 Å². The van der Waals surface area contributed by atoms with Crippen molar-refractivity contribution < 1.29 is 18.7 Å². The number of aromatic nitrogens is 2. The number of rotatable bonds is 8. The first kappa shape index (κ1) is 28.9. The van der Waals surface area contributed by atoms with Gasteiger partial charge < -0.3 is 19.8 Å². The van der Waals surface area contributed by atoms with Crippen molar-refractivity contribution in [2.45, 2.75) is 51.3 Å². The van der Waals surface area contributed by atoms with Gasteiger partial charge in [-0.2, -0.15) is 5.26 Å². The average molecular weight is 582 g/mol. The third-order valence-electron chi connectivity index (χ3n) is 5.99. The van der Waals surface area contributed by atoms with E-state index in [0.29, 0.717) is 21.1 Å². The lowest BCUT2D eigenvalue weighted by atomic mass is 10.0. The van der Waals surface area contributed by atoms with Gasteiger partial charge in [-0.05, 0) is 49.6 Å². The number of hydrogen-bond donors (Lipinski definition) is 2. The van der Waals surface area contributed by atoms with Gasteiger partial charge in [0.05, 0.1) is 22.8 Å². The molecule has 2 aromatic carbocycles. The van der Waals surface area contributed by atoms with E-state index in [2.05, 4.69) is 21.7 Å². The van der Waals surface area contributed by atoms with Crippen LogP contribution in [0.5, 0.6) is 0 Å². The first-order valence-electron chi connectivity index (χ1n) is 12.4. The molecule has 0 radical (unpaired) electrons. The van der Waals surface area contributed by atoms with Crippen molar-refractivity contribution in [3.8, 4) is 17.2 Å². The highest BCUT2D eigenvalue weighted by Gasteiger charge is 2.28. The summed E-state index contributed by atoms with van der Waals surface area (Å²) in [6.45, 7) is 5.15. The lowest BCUT2D eigenvalue weighted by molar-refractivity contribution is -0.123. The summed E-state index contributed by atoms with van der Waals surface area (Å²) in [6, 6.07) is 13.2. The molecular formula is C28H28ClN5O5S. The average Bonchev–Trinajstić information content (AvgIpc) is 3.43. The van der Waals surface area contributed by atoms with Crippen molar-refractivity contribution in [1.29, 1.82) is 5.26 Å². The Morgan fingerprint density at radius 3 is 2.48 bits per heavy atom. The monoisotopic (exact) mass is 581 g/mol. The second kappa shape index (κ2) is 11.9. The van der Waals surface area contributed by atoms with Crippen LogP contribution in [0.25, 0.3) is 22.2 Å². The number of ether oxygens (including phenoxy) is 1. The number of alkyl carbamates (subject to hydrolysis) is 1. The number of carbonyl (C=O) groups excluding carboxylic acids is 2. The van der Waals surface area contributed by atoms with Gasteiger partial charge in [0.2, 0.25) is 5.91 Å². The van der Waals surface area contributed by atoms with Crippen molar-refractivity contribution in [3.05, 3.63) is 74.1 Å². The molecule has 0 aliphatic heterocycles. The lowest BCUT2D eigenvalue weighted by Crippen LogP contribution is -2.51. The number of amides is 2. The molecule has 0 saturated carbocycles. The second-order valence-corrected chi connectivity index (χ2v) is 11.6. The van der Waals surface area contributed by atoms with Gasteiger partial charge in [0.1, 0.15) is 22.0 Å². The molecule has 1 unspecified atom stereocenters. The minimum Gasteiger partial charge on any atom is -0.444 e. The maximum absolute atomic E-state index is 13.2. The number of fused-ring (bicyclic) bond motifs is 1. The highest BCUT2D eigenvalue weighted by molar-refractivity contribution is 7.14.